The molecule has 0 spiro atoms. The molecule has 4 aromatic carbocycles. The van der Waals surface area contributed by atoms with E-state index in [0.717, 1.165) is 59.4 Å². The number of ether oxygens (including phenoxy) is 8. The van der Waals surface area contributed by atoms with Gasteiger partial charge in [-0.2, -0.15) is 0 Å². The molecule has 0 radical (unpaired) electrons. The molecule has 0 amide bonds. The highest BCUT2D eigenvalue weighted by molar-refractivity contribution is 9.10. The third-order valence-corrected chi connectivity index (χ3v) is 14.4. The Labute approximate surface area is 415 Å². The highest BCUT2D eigenvalue weighted by Gasteiger charge is 2.22. The number of imidazole rings is 2. The number of hydrogen-bond donors (Lipinski definition) is 3. The minimum atomic E-state index is 0.151. The second-order valence-electron chi connectivity index (χ2n) is 14.8. The molecule has 8 aromatic rings. The van der Waals surface area contributed by atoms with Gasteiger partial charge in [0.2, 0.25) is 13.6 Å². The number of aryl methyl sites for hydroxylation is 4. The maximum atomic E-state index is 8.23. The van der Waals surface area contributed by atoms with E-state index in [4.69, 9.17) is 59.0 Å². The Morgan fingerprint density at radius 3 is 1.87 bits per heavy atom. The van der Waals surface area contributed by atoms with Crippen LogP contribution in [0.3, 0.4) is 0 Å². The number of nitrogens with one attached hydrogen (secondary N) is 2. The molecule has 2 aliphatic rings. The van der Waals surface area contributed by atoms with Crippen molar-refractivity contribution in [1.82, 2.24) is 39.0 Å². The van der Waals surface area contributed by atoms with E-state index in [1.165, 1.54) is 29.9 Å². The van der Waals surface area contributed by atoms with Crippen molar-refractivity contribution in [3.8, 4) is 46.0 Å². The van der Waals surface area contributed by atoms with Crippen LogP contribution in [0, 0.1) is 5.41 Å². The summed E-state index contributed by atoms with van der Waals surface area (Å²) in [5, 5.41) is 9.64. The topological polar surface area (TPSA) is 214 Å². The van der Waals surface area contributed by atoms with Gasteiger partial charge >= 0.3 is 0 Å². The van der Waals surface area contributed by atoms with Crippen LogP contribution in [0.5, 0.6) is 46.0 Å². The fraction of sp³-hybridized carbons (Fsp3) is 0.261. The van der Waals surface area contributed by atoms with E-state index in [0.29, 0.717) is 94.1 Å². The fourth-order valence-corrected chi connectivity index (χ4v) is 10.2. The largest absolute Gasteiger partial charge is 0.493 e. The third-order valence-electron chi connectivity index (χ3n) is 10.6. The number of nitrogens with zero attached hydrogens (tertiary/aromatic N) is 7. The minimum Gasteiger partial charge on any atom is -0.493 e. The van der Waals surface area contributed by atoms with Gasteiger partial charge in [-0.15, -0.1) is 0 Å². The first-order valence-corrected chi connectivity index (χ1v) is 24.4. The number of halogens is 2. The summed E-state index contributed by atoms with van der Waals surface area (Å²) < 4.78 is 49.9. The molecular formula is C46H44Br2N10O8S2. The molecule has 0 atom stereocenters. The van der Waals surface area contributed by atoms with E-state index in [2.05, 4.69) is 56.4 Å². The number of rotatable bonds is 16. The molecule has 6 heterocycles. The minimum absolute atomic E-state index is 0.151. The summed E-state index contributed by atoms with van der Waals surface area (Å²) in [7, 11) is 3.27. The molecular weight excluding hydrogens is 1040 g/mol. The molecule has 68 heavy (non-hydrogen) atoms. The van der Waals surface area contributed by atoms with Gasteiger partial charge in [-0.3, -0.25) is 5.41 Å². The predicted molar refractivity (Wildman–Crippen MR) is 262 cm³/mol. The summed E-state index contributed by atoms with van der Waals surface area (Å²) >= 11 is 10.2. The molecule has 4 aromatic heterocycles. The summed E-state index contributed by atoms with van der Waals surface area (Å²) in [6.45, 7) is 6.73. The van der Waals surface area contributed by atoms with Gasteiger partial charge in [0.15, 0.2) is 84.4 Å². The molecule has 0 saturated heterocycles. The monoisotopic (exact) mass is 1090 g/mol. The molecule has 18 nitrogen and oxygen atoms in total. The molecule has 4 N–H and O–H groups in total. The number of fused-ring (bicyclic) bond motifs is 4. The van der Waals surface area contributed by atoms with Crippen LogP contribution in [0.25, 0.3) is 22.3 Å². The van der Waals surface area contributed by atoms with E-state index < -0.39 is 0 Å². The van der Waals surface area contributed by atoms with E-state index in [1.807, 2.05) is 79.1 Å². The highest BCUT2D eigenvalue weighted by Crippen LogP contribution is 2.44. The second kappa shape index (κ2) is 20.9. The van der Waals surface area contributed by atoms with Gasteiger partial charge < -0.3 is 57.7 Å². The summed E-state index contributed by atoms with van der Waals surface area (Å²) in [6.07, 6.45) is 4.59. The summed E-state index contributed by atoms with van der Waals surface area (Å²) in [5.41, 5.74) is 11.0. The number of methoxy groups -OCH3 is 2. The van der Waals surface area contributed by atoms with E-state index in [-0.39, 0.29) is 19.1 Å². The average Bonchev–Trinajstić information content (AvgIpc) is 4.16. The van der Waals surface area contributed by atoms with Gasteiger partial charge in [0.1, 0.15) is 11.8 Å². The smallest absolute Gasteiger partial charge is 0.231 e. The second-order valence-corrected chi connectivity index (χ2v) is 18.6. The number of nitrogen functional groups attached to an aromatic ring is 1. The van der Waals surface area contributed by atoms with Gasteiger partial charge in [-0.25, -0.2) is 24.9 Å². The summed E-state index contributed by atoms with van der Waals surface area (Å²) in [6, 6.07) is 19.5. The van der Waals surface area contributed by atoms with Crippen LogP contribution < -0.4 is 49.1 Å². The van der Waals surface area contributed by atoms with Crippen LogP contribution in [-0.4, -0.2) is 80.1 Å². The van der Waals surface area contributed by atoms with Crippen molar-refractivity contribution in [1.29, 1.82) is 5.41 Å². The van der Waals surface area contributed by atoms with E-state index in [9.17, 15) is 0 Å². The van der Waals surface area contributed by atoms with Crippen LogP contribution in [0.4, 0.5) is 5.82 Å². The van der Waals surface area contributed by atoms with Gasteiger partial charge in [0.05, 0.1) is 33.8 Å². The highest BCUT2D eigenvalue weighted by atomic mass is 79.9. The van der Waals surface area contributed by atoms with Crippen molar-refractivity contribution in [2.24, 2.45) is 0 Å². The third kappa shape index (κ3) is 10.1. The summed E-state index contributed by atoms with van der Waals surface area (Å²) in [4.78, 5) is 27.4. The zero-order chi connectivity index (χ0) is 47.3. The number of H-pyrrole nitrogens is 1. The van der Waals surface area contributed by atoms with Crippen molar-refractivity contribution in [2.45, 2.75) is 59.9 Å². The first kappa shape index (κ1) is 46.7. The van der Waals surface area contributed by atoms with Crippen molar-refractivity contribution in [2.75, 3.05) is 46.8 Å². The molecule has 352 valence electrons. The van der Waals surface area contributed by atoms with Gasteiger partial charge in [-0.1, -0.05) is 35.7 Å². The SMILES string of the molecule is CCOc1cc(CCn2c(Sc3cc4c(cc3Br)OCO4)nc3c(N)ncnc32)ccc1OC.CCOc1cc(CCn2cnc(=N)c3[nH]c(Sc4cc5c(cc4Br)OCO5)nc32)ccc1OC. The zero-order valence-electron chi connectivity index (χ0n) is 37.1. The maximum Gasteiger partial charge on any atom is 0.231 e. The van der Waals surface area contributed by atoms with Crippen molar-refractivity contribution < 1.29 is 37.9 Å². The predicted octanol–water partition coefficient (Wildman–Crippen LogP) is 9.23. The normalized spacial score (nSPS) is 12.3. The lowest BCUT2D eigenvalue weighted by atomic mass is 10.1. The lowest BCUT2D eigenvalue weighted by molar-refractivity contribution is 0.173. The lowest BCUT2D eigenvalue weighted by Gasteiger charge is -2.13. The first-order chi connectivity index (χ1) is 33.1. The van der Waals surface area contributed by atoms with Crippen LogP contribution in [-0.2, 0) is 25.9 Å². The van der Waals surface area contributed by atoms with E-state index >= 15 is 0 Å². The van der Waals surface area contributed by atoms with Crippen LogP contribution in [0.1, 0.15) is 25.0 Å². The standard InChI is InChI=1S/2C23H22BrN5O4S/c1-3-31-16-8-13(4-5-15(16)30-2)6-7-29-11-26-21(25)20-22(29)28-23(27-20)34-19-10-18-17(9-14(19)24)32-12-33-18;1-3-31-16-8-13(4-5-15(16)30-2)6-7-29-22-20(21(25)26-11-27-22)28-23(29)34-19-10-18-17(9-14(19)24)32-12-33-18/h4-5,8-11,25H,3,6-7,12H2,1-2H3,(H,27,28);4-5,8-11H,3,6-7,12H2,1-2H3,(H2,25,26,27). The Hall–Kier alpha value is -6.36. The molecule has 0 bridgehead atoms. The zero-order valence-corrected chi connectivity index (χ0v) is 41.9. The van der Waals surface area contributed by atoms with Crippen molar-refractivity contribution >= 4 is 83.5 Å². The number of nitrogens with two attached hydrogens (primary N) is 1. The number of aromatic nitrogens is 8. The Balaban J connectivity index is 0.000000170. The number of hydrogen-bond acceptors (Lipinski definition) is 17. The van der Waals surface area contributed by atoms with Crippen molar-refractivity contribution in [3.63, 3.8) is 0 Å². The molecule has 0 saturated carbocycles. The quantitative estimate of drug-likeness (QED) is 0.0822. The number of aromatic amines is 1. The Bertz CT molecular complexity index is 3210. The Kier molecular flexibility index (Phi) is 14.4. The van der Waals surface area contributed by atoms with Crippen LogP contribution in [0.2, 0.25) is 0 Å². The lowest BCUT2D eigenvalue weighted by Crippen LogP contribution is -2.13. The Morgan fingerprint density at radius 2 is 1.28 bits per heavy atom. The fourth-order valence-electron chi connectivity index (χ4n) is 7.32. The molecule has 0 unspecified atom stereocenters. The average molecular weight is 1090 g/mol. The van der Waals surface area contributed by atoms with Crippen LogP contribution in [0.15, 0.2) is 102 Å². The van der Waals surface area contributed by atoms with Gasteiger partial charge in [-0.05, 0) is 118 Å². The number of anilines is 1. The van der Waals surface area contributed by atoms with Crippen LogP contribution >= 0.6 is 55.4 Å². The first-order valence-electron chi connectivity index (χ1n) is 21.2. The Morgan fingerprint density at radius 1 is 0.706 bits per heavy atom. The van der Waals surface area contributed by atoms with Crippen molar-refractivity contribution in [3.05, 3.63) is 98.9 Å². The van der Waals surface area contributed by atoms with Gasteiger partial charge in [0, 0.05) is 31.8 Å². The maximum absolute atomic E-state index is 8.23. The molecule has 22 heteroatoms. The molecule has 10 rings (SSSR count). The van der Waals surface area contributed by atoms with Gasteiger partial charge in [0.25, 0.3) is 0 Å². The molecule has 2 aliphatic heterocycles. The summed E-state index contributed by atoms with van der Waals surface area (Å²) in [5.74, 6) is 6.05. The van der Waals surface area contributed by atoms with E-state index in [1.54, 1.807) is 20.5 Å². The molecule has 0 aliphatic carbocycles. The number of benzene rings is 4. The molecule has 0 fully saturated rings.